The second-order valence-corrected chi connectivity index (χ2v) is 5.57. The molecule has 1 unspecified atom stereocenters. The molecule has 0 saturated heterocycles. The van der Waals surface area contributed by atoms with Crippen molar-refractivity contribution < 1.29 is 4.74 Å². The summed E-state index contributed by atoms with van der Waals surface area (Å²) in [6.45, 7) is 4.98. The lowest BCUT2D eigenvalue weighted by Crippen LogP contribution is -2.25. The highest BCUT2D eigenvalue weighted by Gasteiger charge is 2.18. The predicted molar refractivity (Wildman–Crippen MR) is 86.0 cm³/mol. The number of aromatic nitrogens is 1. The van der Waals surface area contributed by atoms with Gasteiger partial charge in [-0.3, -0.25) is 4.98 Å². The van der Waals surface area contributed by atoms with E-state index in [0.29, 0.717) is 0 Å². The molecular formula is C18H22N2O. The van der Waals surface area contributed by atoms with E-state index in [9.17, 15) is 0 Å². The molecule has 3 nitrogen and oxygen atoms in total. The first kappa shape index (κ1) is 13.9. The number of nitrogens with one attached hydrogen (secondary N) is 1. The molecule has 110 valence electrons. The quantitative estimate of drug-likeness (QED) is 0.930. The van der Waals surface area contributed by atoms with Gasteiger partial charge in [0.1, 0.15) is 11.9 Å². The van der Waals surface area contributed by atoms with Crippen molar-refractivity contribution in [1.82, 2.24) is 4.98 Å². The Labute approximate surface area is 126 Å². The summed E-state index contributed by atoms with van der Waals surface area (Å²) in [5, 5.41) is 3.50. The maximum Gasteiger partial charge on any atom is 0.141 e. The van der Waals surface area contributed by atoms with Gasteiger partial charge in [0.25, 0.3) is 0 Å². The zero-order chi connectivity index (χ0) is 14.7. The van der Waals surface area contributed by atoms with Crippen molar-refractivity contribution in [2.75, 3.05) is 11.9 Å². The van der Waals surface area contributed by atoms with Gasteiger partial charge < -0.3 is 10.1 Å². The Bertz CT molecular complexity index is 597. The Balaban J connectivity index is 1.72. The minimum Gasteiger partial charge on any atom is -0.487 e. The van der Waals surface area contributed by atoms with Crippen LogP contribution in [0.3, 0.4) is 0 Å². The van der Waals surface area contributed by atoms with E-state index < -0.39 is 0 Å². The van der Waals surface area contributed by atoms with Crippen LogP contribution in [0.4, 0.5) is 5.69 Å². The molecule has 2 heterocycles. The third-order valence-electron chi connectivity index (χ3n) is 3.97. The van der Waals surface area contributed by atoms with Crippen LogP contribution in [0.2, 0.25) is 0 Å². The highest BCUT2D eigenvalue weighted by Crippen LogP contribution is 2.25. The standard InChI is InChI=1S/C18H22N2O/c1-3-16-18(11-8-13(2)20-16)21-15-10-9-14-6-4-5-7-17(14)19-12-15/h4-8,11,15,19H,3,9-10,12H2,1-2H3. The molecule has 1 aliphatic heterocycles. The molecule has 1 N–H and O–H groups in total. The first-order valence-electron chi connectivity index (χ1n) is 7.71. The fraction of sp³-hybridized carbons (Fsp3) is 0.389. The molecule has 1 aromatic carbocycles. The summed E-state index contributed by atoms with van der Waals surface area (Å²) in [5.41, 5.74) is 4.71. The first-order valence-corrected chi connectivity index (χ1v) is 7.71. The van der Waals surface area contributed by atoms with Crippen LogP contribution >= 0.6 is 0 Å². The lowest BCUT2D eigenvalue weighted by Gasteiger charge is -2.19. The van der Waals surface area contributed by atoms with Gasteiger partial charge in [0.15, 0.2) is 0 Å². The first-order chi connectivity index (χ1) is 10.3. The molecule has 1 aromatic heterocycles. The van der Waals surface area contributed by atoms with Crippen molar-refractivity contribution >= 4 is 5.69 Å². The summed E-state index contributed by atoms with van der Waals surface area (Å²) >= 11 is 0. The number of benzene rings is 1. The lowest BCUT2D eigenvalue weighted by molar-refractivity contribution is 0.203. The second-order valence-electron chi connectivity index (χ2n) is 5.57. The Hall–Kier alpha value is -2.03. The molecule has 0 saturated carbocycles. The number of hydrogen-bond donors (Lipinski definition) is 1. The van der Waals surface area contributed by atoms with Gasteiger partial charge in [-0.2, -0.15) is 0 Å². The van der Waals surface area contributed by atoms with Crippen molar-refractivity contribution in [3.05, 3.63) is 53.3 Å². The van der Waals surface area contributed by atoms with Crippen molar-refractivity contribution in [2.24, 2.45) is 0 Å². The lowest BCUT2D eigenvalue weighted by atomic mass is 10.1. The SMILES string of the molecule is CCc1nc(C)ccc1OC1CCc2ccccc2NC1. The summed E-state index contributed by atoms with van der Waals surface area (Å²) < 4.78 is 6.22. The molecule has 2 aromatic rings. The molecule has 0 fully saturated rings. The highest BCUT2D eigenvalue weighted by atomic mass is 16.5. The highest BCUT2D eigenvalue weighted by molar-refractivity contribution is 5.52. The normalized spacial score (nSPS) is 17.5. The van der Waals surface area contributed by atoms with E-state index in [2.05, 4.69) is 47.6 Å². The van der Waals surface area contributed by atoms with Gasteiger partial charge in [0.2, 0.25) is 0 Å². The van der Waals surface area contributed by atoms with E-state index in [1.807, 2.05) is 13.0 Å². The number of pyridine rings is 1. The van der Waals surface area contributed by atoms with Crippen LogP contribution in [0.25, 0.3) is 0 Å². The smallest absolute Gasteiger partial charge is 0.141 e. The Morgan fingerprint density at radius 1 is 1.24 bits per heavy atom. The van der Waals surface area contributed by atoms with Crippen LogP contribution in [0, 0.1) is 6.92 Å². The number of para-hydroxylation sites is 1. The summed E-state index contributed by atoms with van der Waals surface area (Å²) in [5.74, 6) is 0.931. The largest absolute Gasteiger partial charge is 0.487 e. The van der Waals surface area contributed by atoms with E-state index >= 15 is 0 Å². The molecule has 0 radical (unpaired) electrons. The summed E-state index contributed by atoms with van der Waals surface area (Å²) in [7, 11) is 0. The average molecular weight is 282 g/mol. The zero-order valence-corrected chi connectivity index (χ0v) is 12.7. The third kappa shape index (κ3) is 3.18. The molecule has 0 bridgehead atoms. The van der Waals surface area contributed by atoms with Crippen molar-refractivity contribution in [3.63, 3.8) is 0 Å². The van der Waals surface area contributed by atoms with E-state index in [4.69, 9.17) is 4.74 Å². The van der Waals surface area contributed by atoms with Crippen LogP contribution in [0.5, 0.6) is 5.75 Å². The number of fused-ring (bicyclic) bond motifs is 1. The second kappa shape index (κ2) is 6.17. The molecular weight excluding hydrogens is 260 g/mol. The number of anilines is 1. The molecule has 1 aliphatic rings. The summed E-state index contributed by atoms with van der Waals surface area (Å²) in [6.07, 6.45) is 3.17. The number of ether oxygens (including phenoxy) is 1. The Kier molecular flexibility index (Phi) is 4.09. The van der Waals surface area contributed by atoms with Gasteiger partial charge in [-0.05, 0) is 49.9 Å². The summed E-state index contributed by atoms with van der Waals surface area (Å²) in [6, 6.07) is 12.6. The fourth-order valence-corrected chi connectivity index (χ4v) is 2.79. The zero-order valence-electron chi connectivity index (χ0n) is 12.7. The van der Waals surface area contributed by atoms with Crippen LogP contribution < -0.4 is 10.1 Å². The number of aryl methyl sites for hydroxylation is 3. The van der Waals surface area contributed by atoms with Gasteiger partial charge in [0.05, 0.1) is 12.2 Å². The van der Waals surface area contributed by atoms with Crippen LogP contribution in [0.15, 0.2) is 36.4 Å². The van der Waals surface area contributed by atoms with E-state index in [1.165, 1.54) is 11.3 Å². The molecule has 21 heavy (non-hydrogen) atoms. The number of rotatable bonds is 3. The van der Waals surface area contributed by atoms with E-state index in [-0.39, 0.29) is 6.10 Å². The van der Waals surface area contributed by atoms with Gasteiger partial charge in [-0.1, -0.05) is 25.1 Å². The molecule has 3 rings (SSSR count). The van der Waals surface area contributed by atoms with E-state index in [1.54, 1.807) is 0 Å². The molecule has 0 spiro atoms. The summed E-state index contributed by atoms with van der Waals surface area (Å²) in [4.78, 5) is 4.57. The maximum atomic E-state index is 6.22. The molecule has 3 heteroatoms. The van der Waals surface area contributed by atoms with E-state index in [0.717, 1.165) is 42.9 Å². The average Bonchev–Trinajstić information content (AvgIpc) is 2.72. The van der Waals surface area contributed by atoms with Gasteiger partial charge in [-0.25, -0.2) is 0 Å². The Morgan fingerprint density at radius 3 is 2.95 bits per heavy atom. The van der Waals surface area contributed by atoms with Crippen molar-refractivity contribution in [3.8, 4) is 5.75 Å². The maximum absolute atomic E-state index is 6.22. The van der Waals surface area contributed by atoms with Gasteiger partial charge in [-0.15, -0.1) is 0 Å². The topological polar surface area (TPSA) is 34.1 Å². The minimum absolute atomic E-state index is 0.187. The molecule has 1 atom stereocenters. The number of nitrogens with zero attached hydrogens (tertiary/aromatic N) is 1. The van der Waals surface area contributed by atoms with Crippen molar-refractivity contribution in [2.45, 2.75) is 39.2 Å². The molecule has 0 amide bonds. The van der Waals surface area contributed by atoms with Crippen molar-refractivity contribution in [1.29, 1.82) is 0 Å². The predicted octanol–water partition coefficient (Wildman–Crippen LogP) is 3.76. The molecule has 0 aliphatic carbocycles. The Morgan fingerprint density at radius 2 is 2.10 bits per heavy atom. The third-order valence-corrected chi connectivity index (χ3v) is 3.97. The van der Waals surface area contributed by atoms with Crippen LogP contribution in [-0.2, 0) is 12.8 Å². The number of hydrogen-bond acceptors (Lipinski definition) is 3. The fourth-order valence-electron chi connectivity index (χ4n) is 2.79. The minimum atomic E-state index is 0.187. The monoisotopic (exact) mass is 282 g/mol. The van der Waals surface area contributed by atoms with Crippen LogP contribution in [-0.4, -0.2) is 17.6 Å². The van der Waals surface area contributed by atoms with Gasteiger partial charge in [0, 0.05) is 11.4 Å². The van der Waals surface area contributed by atoms with Crippen LogP contribution in [0.1, 0.15) is 30.3 Å². The van der Waals surface area contributed by atoms with Gasteiger partial charge >= 0.3 is 0 Å².